The summed E-state index contributed by atoms with van der Waals surface area (Å²) in [6, 6.07) is 7.57. The number of halogens is 1. The predicted molar refractivity (Wildman–Crippen MR) is 63.0 cm³/mol. The van der Waals surface area contributed by atoms with E-state index >= 15 is 0 Å². The van der Waals surface area contributed by atoms with Gasteiger partial charge in [0.2, 0.25) is 0 Å². The Bertz CT molecular complexity index is 342. The molecule has 0 aromatic heterocycles. The van der Waals surface area contributed by atoms with Gasteiger partial charge in [-0.05, 0) is 36.0 Å². The van der Waals surface area contributed by atoms with Crippen molar-refractivity contribution in [2.24, 2.45) is 5.41 Å². The van der Waals surface area contributed by atoms with Gasteiger partial charge in [0.1, 0.15) is 0 Å². The van der Waals surface area contributed by atoms with Gasteiger partial charge in [-0.15, -0.1) is 0 Å². The van der Waals surface area contributed by atoms with Gasteiger partial charge in [0.25, 0.3) is 0 Å². The lowest BCUT2D eigenvalue weighted by molar-refractivity contribution is 0.0408. The molecule has 0 bridgehead atoms. The van der Waals surface area contributed by atoms with Gasteiger partial charge in [0.05, 0.1) is 6.10 Å². The minimum Gasteiger partial charge on any atom is -0.388 e. The van der Waals surface area contributed by atoms with E-state index in [2.05, 4.69) is 6.92 Å². The van der Waals surface area contributed by atoms with Crippen LogP contribution in [0.25, 0.3) is 0 Å². The second-order valence-corrected chi connectivity index (χ2v) is 5.26. The lowest BCUT2D eigenvalue weighted by Crippen LogP contribution is -2.21. The van der Waals surface area contributed by atoms with Crippen molar-refractivity contribution in [2.45, 2.75) is 38.7 Å². The Morgan fingerprint density at radius 3 is 2.60 bits per heavy atom. The van der Waals surface area contributed by atoms with Gasteiger partial charge in [0, 0.05) is 5.02 Å². The van der Waals surface area contributed by atoms with Crippen molar-refractivity contribution >= 4 is 11.6 Å². The molecule has 1 aromatic carbocycles. The average Bonchev–Trinajstić information content (AvgIpc) is 2.65. The first-order chi connectivity index (χ1) is 7.12. The second-order valence-electron chi connectivity index (χ2n) is 4.82. The summed E-state index contributed by atoms with van der Waals surface area (Å²) in [6.07, 6.45) is 4.31. The molecule has 0 saturated heterocycles. The fraction of sp³-hybridized carbons (Fsp3) is 0.538. The fourth-order valence-electron chi connectivity index (χ4n) is 2.54. The molecular weight excluding hydrogens is 208 g/mol. The molecule has 0 aliphatic heterocycles. The Hall–Kier alpha value is -0.530. The first-order valence-corrected chi connectivity index (χ1v) is 5.93. The number of aliphatic hydroxyl groups excluding tert-OH is 1. The van der Waals surface area contributed by atoms with Gasteiger partial charge in [-0.2, -0.15) is 0 Å². The van der Waals surface area contributed by atoms with Crippen LogP contribution in [0.15, 0.2) is 24.3 Å². The molecule has 1 aliphatic carbocycles. The zero-order chi connectivity index (χ0) is 10.9. The lowest BCUT2D eigenvalue weighted by atomic mass is 9.79. The molecule has 1 aliphatic rings. The van der Waals surface area contributed by atoms with Gasteiger partial charge in [-0.25, -0.2) is 0 Å². The molecule has 0 radical (unpaired) electrons. The molecule has 1 N–H and O–H groups in total. The highest BCUT2D eigenvalue weighted by Gasteiger charge is 2.36. The van der Waals surface area contributed by atoms with Crippen LogP contribution in [-0.2, 0) is 0 Å². The summed E-state index contributed by atoms with van der Waals surface area (Å²) in [6.45, 7) is 2.17. The second kappa shape index (κ2) is 4.15. The quantitative estimate of drug-likeness (QED) is 0.807. The normalized spacial score (nSPS) is 21.5. The number of benzene rings is 1. The molecule has 0 spiro atoms. The minimum atomic E-state index is -0.376. The highest BCUT2D eigenvalue weighted by atomic mass is 35.5. The third-order valence-corrected chi connectivity index (χ3v) is 3.81. The van der Waals surface area contributed by atoms with Crippen LogP contribution in [0.1, 0.15) is 44.3 Å². The zero-order valence-electron chi connectivity index (χ0n) is 9.04. The van der Waals surface area contributed by atoms with Crippen LogP contribution in [0, 0.1) is 5.41 Å². The predicted octanol–water partition coefficient (Wildman–Crippen LogP) is 3.95. The van der Waals surface area contributed by atoms with Crippen molar-refractivity contribution in [1.82, 2.24) is 0 Å². The SMILES string of the molecule is CC1(C(O)c2cccc(Cl)c2)CCCC1. The van der Waals surface area contributed by atoms with Crippen molar-refractivity contribution in [3.63, 3.8) is 0 Å². The zero-order valence-corrected chi connectivity index (χ0v) is 9.80. The Kier molecular flexibility index (Phi) is 3.03. The Morgan fingerprint density at radius 2 is 2.00 bits per heavy atom. The highest BCUT2D eigenvalue weighted by Crippen LogP contribution is 2.47. The molecule has 0 heterocycles. The van der Waals surface area contributed by atoms with Gasteiger partial charge >= 0.3 is 0 Å². The van der Waals surface area contributed by atoms with Crippen LogP contribution in [-0.4, -0.2) is 5.11 Å². The van der Waals surface area contributed by atoms with Gasteiger partial charge in [-0.3, -0.25) is 0 Å². The lowest BCUT2D eigenvalue weighted by Gasteiger charge is -2.30. The van der Waals surface area contributed by atoms with Gasteiger partial charge < -0.3 is 5.11 Å². The summed E-state index contributed by atoms with van der Waals surface area (Å²) in [5, 5.41) is 11.0. The topological polar surface area (TPSA) is 20.2 Å². The van der Waals surface area contributed by atoms with E-state index < -0.39 is 0 Å². The monoisotopic (exact) mass is 224 g/mol. The molecule has 2 rings (SSSR count). The highest BCUT2D eigenvalue weighted by molar-refractivity contribution is 6.30. The van der Waals surface area contributed by atoms with E-state index in [1.807, 2.05) is 24.3 Å². The van der Waals surface area contributed by atoms with Crippen molar-refractivity contribution in [1.29, 1.82) is 0 Å². The van der Waals surface area contributed by atoms with E-state index in [0.717, 1.165) is 18.4 Å². The average molecular weight is 225 g/mol. The van der Waals surface area contributed by atoms with E-state index in [-0.39, 0.29) is 11.5 Å². The van der Waals surface area contributed by atoms with E-state index in [1.165, 1.54) is 12.8 Å². The van der Waals surface area contributed by atoms with Crippen molar-refractivity contribution in [2.75, 3.05) is 0 Å². The molecule has 1 atom stereocenters. The summed E-state index contributed by atoms with van der Waals surface area (Å²) >= 11 is 5.93. The van der Waals surface area contributed by atoms with Crippen molar-refractivity contribution < 1.29 is 5.11 Å². The third kappa shape index (κ3) is 2.19. The molecule has 1 aromatic rings. The fourth-order valence-corrected chi connectivity index (χ4v) is 2.73. The van der Waals surface area contributed by atoms with Crippen LogP contribution < -0.4 is 0 Å². The third-order valence-electron chi connectivity index (χ3n) is 3.57. The van der Waals surface area contributed by atoms with E-state index in [4.69, 9.17) is 11.6 Å². The molecular formula is C13H17ClO. The summed E-state index contributed by atoms with van der Waals surface area (Å²) in [5.41, 5.74) is 0.997. The van der Waals surface area contributed by atoms with Crippen molar-refractivity contribution in [3.8, 4) is 0 Å². The maximum Gasteiger partial charge on any atom is 0.0844 e. The van der Waals surface area contributed by atoms with Crippen LogP contribution in [0.5, 0.6) is 0 Å². The van der Waals surface area contributed by atoms with E-state index in [0.29, 0.717) is 5.02 Å². The molecule has 1 nitrogen and oxygen atoms in total. The smallest absolute Gasteiger partial charge is 0.0844 e. The van der Waals surface area contributed by atoms with Gasteiger partial charge in [-0.1, -0.05) is 43.5 Å². The Balaban J connectivity index is 2.23. The number of hydrogen-bond acceptors (Lipinski definition) is 1. The summed E-state index contributed by atoms with van der Waals surface area (Å²) < 4.78 is 0. The Morgan fingerprint density at radius 1 is 1.33 bits per heavy atom. The first-order valence-electron chi connectivity index (χ1n) is 5.55. The largest absolute Gasteiger partial charge is 0.388 e. The maximum atomic E-state index is 10.3. The standard InChI is InChI=1S/C13H17ClO/c1-13(7-2-3-8-13)12(15)10-5-4-6-11(14)9-10/h4-6,9,12,15H,2-3,7-8H2,1H3. The molecule has 1 unspecified atom stereocenters. The number of rotatable bonds is 2. The number of hydrogen-bond donors (Lipinski definition) is 1. The van der Waals surface area contributed by atoms with Crippen LogP contribution in [0.3, 0.4) is 0 Å². The van der Waals surface area contributed by atoms with Crippen molar-refractivity contribution in [3.05, 3.63) is 34.9 Å². The Labute approximate surface area is 96.1 Å². The molecule has 15 heavy (non-hydrogen) atoms. The van der Waals surface area contributed by atoms with Crippen LogP contribution in [0.4, 0.5) is 0 Å². The molecule has 1 saturated carbocycles. The molecule has 0 amide bonds. The van der Waals surface area contributed by atoms with Crippen LogP contribution in [0.2, 0.25) is 5.02 Å². The maximum absolute atomic E-state index is 10.3. The minimum absolute atomic E-state index is 0.0463. The molecule has 2 heteroatoms. The summed E-state index contributed by atoms with van der Waals surface area (Å²) in [4.78, 5) is 0. The van der Waals surface area contributed by atoms with Gasteiger partial charge in [0.15, 0.2) is 0 Å². The van der Waals surface area contributed by atoms with E-state index in [1.54, 1.807) is 0 Å². The molecule has 1 fully saturated rings. The number of aliphatic hydroxyl groups is 1. The summed E-state index contributed by atoms with van der Waals surface area (Å²) in [7, 11) is 0. The van der Waals surface area contributed by atoms with Crippen LogP contribution >= 0.6 is 11.6 Å². The first kappa shape index (κ1) is 11.0. The van der Waals surface area contributed by atoms with E-state index in [9.17, 15) is 5.11 Å². The summed E-state index contributed by atoms with van der Waals surface area (Å²) in [5.74, 6) is 0. The molecule has 82 valence electrons.